The van der Waals surface area contributed by atoms with Crippen LogP contribution in [0.4, 0.5) is 0 Å². The Morgan fingerprint density at radius 3 is 3.18 bits per heavy atom. The molecular weight excluding hydrogens is 276 g/mol. The van der Waals surface area contributed by atoms with Gasteiger partial charge >= 0.3 is 0 Å². The fourth-order valence-corrected chi connectivity index (χ4v) is 3.92. The molecule has 2 N–H and O–H groups in total. The fraction of sp³-hybridized carbons (Fsp3) is 0.529. The van der Waals surface area contributed by atoms with E-state index in [1.165, 1.54) is 19.5 Å². The van der Waals surface area contributed by atoms with E-state index in [-0.39, 0.29) is 11.9 Å². The van der Waals surface area contributed by atoms with Crippen molar-refractivity contribution >= 4 is 16.8 Å². The summed E-state index contributed by atoms with van der Waals surface area (Å²) in [5.74, 6) is 0.795. The molecule has 22 heavy (non-hydrogen) atoms. The van der Waals surface area contributed by atoms with Crippen molar-refractivity contribution in [2.24, 2.45) is 5.92 Å². The van der Waals surface area contributed by atoms with E-state index in [4.69, 9.17) is 0 Å². The number of aryl methyl sites for hydroxylation is 1. The maximum absolute atomic E-state index is 12.5. The zero-order chi connectivity index (χ0) is 15.1. The first-order valence-corrected chi connectivity index (χ1v) is 8.23. The Balaban J connectivity index is 1.50. The Morgan fingerprint density at radius 2 is 2.36 bits per heavy atom. The molecular formula is C17H22N4O. The number of rotatable bonds is 3. The number of aromatic nitrogens is 2. The van der Waals surface area contributed by atoms with Crippen LogP contribution in [-0.4, -0.2) is 46.7 Å². The van der Waals surface area contributed by atoms with Crippen LogP contribution in [0.3, 0.4) is 0 Å². The number of nitrogens with zero attached hydrogens (tertiary/aromatic N) is 2. The van der Waals surface area contributed by atoms with Gasteiger partial charge in [-0.15, -0.1) is 0 Å². The van der Waals surface area contributed by atoms with Gasteiger partial charge in [0.2, 0.25) is 0 Å². The molecule has 1 aromatic heterocycles. The van der Waals surface area contributed by atoms with Crippen LogP contribution in [0.25, 0.3) is 10.9 Å². The molecule has 5 heteroatoms. The molecule has 1 unspecified atom stereocenters. The molecule has 2 saturated heterocycles. The molecule has 0 aliphatic carbocycles. The monoisotopic (exact) mass is 298 g/mol. The number of fused-ring (bicyclic) bond motifs is 3. The summed E-state index contributed by atoms with van der Waals surface area (Å²) < 4.78 is 0. The van der Waals surface area contributed by atoms with E-state index in [1.807, 2.05) is 18.2 Å². The predicted molar refractivity (Wildman–Crippen MR) is 85.9 cm³/mol. The van der Waals surface area contributed by atoms with E-state index in [2.05, 4.69) is 27.3 Å². The molecule has 3 atom stereocenters. The lowest BCUT2D eigenvalue weighted by Gasteiger charge is -2.30. The van der Waals surface area contributed by atoms with Crippen LogP contribution < -0.4 is 5.32 Å². The molecule has 2 bridgehead atoms. The van der Waals surface area contributed by atoms with E-state index in [0.717, 1.165) is 41.9 Å². The zero-order valence-electron chi connectivity index (χ0n) is 12.9. The largest absolute Gasteiger partial charge is 0.348 e. The van der Waals surface area contributed by atoms with Gasteiger partial charge < -0.3 is 10.2 Å². The Kier molecular flexibility index (Phi) is 3.37. The van der Waals surface area contributed by atoms with Gasteiger partial charge in [-0.2, -0.15) is 5.10 Å². The Hall–Kier alpha value is -1.88. The van der Waals surface area contributed by atoms with Crippen LogP contribution in [0.5, 0.6) is 0 Å². The highest BCUT2D eigenvalue weighted by Gasteiger charge is 2.32. The summed E-state index contributed by atoms with van der Waals surface area (Å²) >= 11 is 0. The van der Waals surface area contributed by atoms with Gasteiger partial charge in [-0.3, -0.25) is 9.89 Å². The first kappa shape index (κ1) is 13.8. The van der Waals surface area contributed by atoms with Crippen molar-refractivity contribution in [1.29, 1.82) is 0 Å². The van der Waals surface area contributed by atoms with Crippen molar-refractivity contribution in [1.82, 2.24) is 20.4 Å². The first-order chi connectivity index (χ1) is 10.7. The molecule has 1 aromatic carbocycles. The minimum atomic E-state index is 0.0297. The summed E-state index contributed by atoms with van der Waals surface area (Å²) in [5.41, 5.74) is 2.71. The van der Waals surface area contributed by atoms with Gasteiger partial charge in [0.05, 0.1) is 11.2 Å². The zero-order valence-corrected chi connectivity index (χ0v) is 12.9. The number of carbonyl (C=O) groups is 1. The molecule has 2 fully saturated rings. The molecule has 3 heterocycles. The smallest absolute Gasteiger partial charge is 0.251 e. The van der Waals surface area contributed by atoms with E-state index in [1.54, 1.807) is 0 Å². The number of benzene rings is 1. The van der Waals surface area contributed by atoms with E-state index in [0.29, 0.717) is 5.56 Å². The number of H-pyrrole nitrogens is 1. The highest BCUT2D eigenvalue weighted by molar-refractivity contribution is 5.98. The van der Waals surface area contributed by atoms with Crippen molar-refractivity contribution in [2.75, 3.05) is 19.6 Å². The van der Waals surface area contributed by atoms with Crippen molar-refractivity contribution in [3.05, 3.63) is 29.5 Å². The normalized spacial score (nSPS) is 27.2. The molecule has 116 valence electrons. The maximum atomic E-state index is 12.5. The molecule has 2 aliphatic heterocycles. The van der Waals surface area contributed by atoms with Gasteiger partial charge in [0, 0.05) is 30.1 Å². The lowest BCUT2D eigenvalue weighted by atomic mass is 9.96. The average molecular weight is 298 g/mol. The molecule has 4 rings (SSSR count). The van der Waals surface area contributed by atoms with Crippen molar-refractivity contribution < 1.29 is 4.79 Å². The topological polar surface area (TPSA) is 61.0 Å². The van der Waals surface area contributed by atoms with Gasteiger partial charge in [0.15, 0.2) is 0 Å². The third kappa shape index (κ3) is 2.39. The van der Waals surface area contributed by atoms with Crippen molar-refractivity contribution in [2.45, 2.75) is 32.2 Å². The lowest BCUT2D eigenvalue weighted by molar-refractivity contribution is 0.0909. The van der Waals surface area contributed by atoms with Gasteiger partial charge in [0.1, 0.15) is 0 Å². The van der Waals surface area contributed by atoms with Crippen LogP contribution >= 0.6 is 0 Å². The number of aromatic amines is 1. The van der Waals surface area contributed by atoms with Gasteiger partial charge in [0.25, 0.3) is 5.91 Å². The third-order valence-corrected chi connectivity index (χ3v) is 5.04. The number of carbonyl (C=O) groups excluding carboxylic acids is 1. The summed E-state index contributed by atoms with van der Waals surface area (Å²) in [6.07, 6.45) is 3.30. The average Bonchev–Trinajstić information content (AvgIpc) is 3.09. The summed E-state index contributed by atoms with van der Waals surface area (Å²) in [5, 5.41) is 11.6. The van der Waals surface area contributed by atoms with Gasteiger partial charge in [-0.05, 0) is 43.9 Å². The standard InChI is InChI=1S/C17H22N4O/c1-2-15-14-4-3-12(8-16(14)20-19-15)17(22)18-13-7-11-5-6-21(9-11)10-13/h3-4,8,11,13H,2,5-7,9-10H2,1H3,(H,18,22)(H,19,20)/t11-,13+/m0/s1. The molecule has 0 spiro atoms. The summed E-state index contributed by atoms with van der Waals surface area (Å²) in [6.45, 7) is 5.49. The molecule has 2 aliphatic rings. The second kappa shape index (κ2) is 5.39. The Bertz CT molecular complexity index is 696. The van der Waals surface area contributed by atoms with Crippen molar-refractivity contribution in [3.8, 4) is 0 Å². The molecule has 0 saturated carbocycles. The van der Waals surface area contributed by atoms with E-state index < -0.39 is 0 Å². The molecule has 5 nitrogen and oxygen atoms in total. The minimum absolute atomic E-state index is 0.0297. The fourth-order valence-electron chi connectivity index (χ4n) is 3.92. The highest BCUT2D eigenvalue weighted by atomic mass is 16.1. The number of nitrogens with one attached hydrogen (secondary N) is 2. The summed E-state index contributed by atoms with van der Waals surface area (Å²) in [6, 6.07) is 6.11. The third-order valence-electron chi connectivity index (χ3n) is 5.04. The van der Waals surface area contributed by atoms with Crippen LogP contribution in [0, 0.1) is 5.92 Å². The minimum Gasteiger partial charge on any atom is -0.348 e. The predicted octanol–water partition coefficient (Wildman–Crippen LogP) is 1.95. The Morgan fingerprint density at radius 1 is 1.45 bits per heavy atom. The Labute approximate surface area is 130 Å². The number of amides is 1. The van der Waals surface area contributed by atoms with Crippen LogP contribution in [0.2, 0.25) is 0 Å². The van der Waals surface area contributed by atoms with Gasteiger partial charge in [-0.25, -0.2) is 0 Å². The molecule has 2 aromatic rings. The second-order valence-electron chi connectivity index (χ2n) is 6.60. The highest BCUT2D eigenvalue weighted by Crippen LogP contribution is 2.27. The van der Waals surface area contributed by atoms with Crippen LogP contribution in [0.1, 0.15) is 35.8 Å². The summed E-state index contributed by atoms with van der Waals surface area (Å²) in [4.78, 5) is 15.0. The maximum Gasteiger partial charge on any atom is 0.251 e. The first-order valence-electron chi connectivity index (χ1n) is 8.23. The number of piperidine rings is 1. The van der Waals surface area contributed by atoms with E-state index >= 15 is 0 Å². The van der Waals surface area contributed by atoms with E-state index in [9.17, 15) is 4.79 Å². The molecule has 0 radical (unpaired) electrons. The summed E-state index contributed by atoms with van der Waals surface area (Å²) in [7, 11) is 0. The lowest BCUT2D eigenvalue weighted by Crippen LogP contribution is -2.47. The second-order valence-corrected chi connectivity index (χ2v) is 6.60. The number of hydrogen-bond donors (Lipinski definition) is 2. The SMILES string of the molecule is CCc1n[nH]c2cc(C(=O)N[C@@H]3C[C@@H]4CCN(C4)C3)ccc12. The molecule has 1 amide bonds. The number of hydrogen-bond acceptors (Lipinski definition) is 3. The van der Waals surface area contributed by atoms with Gasteiger partial charge in [-0.1, -0.05) is 13.0 Å². The van der Waals surface area contributed by atoms with Crippen molar-refractivity contribution in [3.63, 3.8) is 0 Å². The van der Waals surface area contributed by atoms with Crippen LogP contribution in [0.15, 0.2) is 18.2 Å². The quantitative estimate of drug-likeness (QED) is 0.910. The van der Waals surface area contributed by atoms with Crippen LogP contribution in [-0.2, 0) is 6.42 Å².